The maximum atomic E-state index is 12.8. The third-order valence-corrected chi connectivity index (χ3v) is 3.20. The van der Waals surface area contributed by atoms with Crippen molar-refractivity contribution in [2.45, 2.75) is 12.6 Å². The molecule has 2 aromatic rings. The number of hydrogen-bond donors (Lipinski definition) is 0. The van der Waals surface area contributed by atoms with Crippen LogP contribution in [-0.2, 0) is 6.42 Å². The van der Waals surface area contributed by atoms with E-state index in [4.69, 9.17) is 0 Å². The van der Waals surface area contributed by atoms with Crippen molar-refractivity contribution in [3.8, 4) is 11.3 Å². The standard InChI is InChI=1S/C15H10F3N/c16-15(17,18)11-8-10-4-3-5-12(13(10)9-11)14-6-1-2-7-19-14/h1-7,9H,8H2. The first-order valence-corrected chi connectivity index (χ1v) is 5.87. The van der Waals surface area contributed by atoms with E-state index in [1.165, 1.54) is 6.08 Å². The van der Waals surface area contributed by atoms with Crippen LogP contribution in [0.15, 0.2) is 48.2 Å². The van der Waals surface area contributed by atoms with E-state index < -0.39 is 11.7 Å². The second kappa shape index (κ2) is 4.23. The van der Waals surface area contributed by atoms with Crippen molar-refractivity contribution in [2.24, 2.45) is 0 Å². The van der Waals surface area contributed by atoms with Gasteiger partial charge in [-0.2, -0.15) is 13.2 Å². The van der Waals surface area contributed by atoms with Crippen LogP contribution >= 0.6 is 0 Å². The van der Waals surface area contributed by atoms with Gasteiger partial charge in [0, 0.05) is 23.8 Å². The number of fused-ring (bicyclic) bond motifs is 1. The van der Waals surface area contributed by atoms with Crippen LogP contribution in [-0.4, -0.2) is 11.2 Å². The molecule has 0 spiro atoms. The first-order chi connectivity index (χ1) is 9.05. The van der Waals surface area contributed by atoms with Gasteiger partial charge in [-0.15, -0.1) is 0 Å². The molecular weight excluding hydrogens is 251 g/mol. The molecule has 1 aliphatic carbocycles. The molecule has 0 fully saturated rings. The van der Waals surface area contributed by atoms with E-state index >= 15 is 0 Å². The van der Waals surface area contributed by atoms with Gasteiger partial charge in [-0.05, 0) is 29.3 Å². The lowest BCUT2D eigenvalue weighted by Crippen LogP contribution is -2.11. The lowest BCUT2D eigenvalue weighted by atomic mass is 10.0. The van der Waals surface area contributed by atoms with Crippen molar-refractivity contribution in [3.63, 3.8) is 0 Å². The van der Waals surface area contributed by atoms with Gasteiger partial charge in [0.25, 0.3) is 0 Å². The highest BCUT2D eigenvalue weighted by Crippen LogP contribution is 2.39. The lowest BCUT2D eigenvalue weighted by molar-refractivity contribution is -0.0918. The Labute approximate surface area is 108 Å². The summed E-state index contributed by atoms with van der Waals surface area (Å²) in [6.07, 6.45) is -1.45. The molecule has 0 aliphatic heterocycles. The minimum Gasteiger partial charge on any atom is -0.256 e. The van der Waals surface area contributed by atoms with Gasteiger partial charge >= 0.3 is 6.18 Å². The molecule has 1 aromatic carbocycles. The molecule has 0 saturated heterocycles. The van der Waals surface area contributed by atoms with E-state index in [1.54, 1.807) is 36.5 Å². The van der Waals surface area contributed by atoms with Crippen LogP contribution < -0.4 is 0 Å². The van der Waals surface area contributed by atoms with Gasteiger partial charge in [0.15, 0.2) is 0 Å². The molecule has 1 aliphatic rings. The number of alkyl halides is 3. The number of nitrogens with zero attached hydrogens (tertiary/aromatic N) is 1. The summed E-state index contributed by atoms with van der Waals surface area (Å²) in [5.41, 5.74) is 2.28. The zero-order valence-electron chi connectivity index (χ0n) is 9.91. The molecule has 3 rings (SSSR count). The normalized spacial score (nSPS) is 14.2. The molecule has 96 valence electrons. The van der Waals surface area contributed by atoms with Gasteiger partial charge in [0.05, 0.1) is 5.69 Å². The number of allylic oxidation sites excluding steroid dienone is 1. The summed E-state index contributed by atoms with van der Waals surface area (Å²) < 4.78 is 38.3. The quantitative estimate of drug-likeness (QED) is 0.747. The number of pyridine rings is 1. The Balaban J connectivity index is 2.12. The van der Waals surface area contributed by atoms with Crippen molar-refractivity contribution in [3.05, 3.63) is 59.3 Å². The van der Waals surface area contributed by atoms with Gasteiger partial charge in [0.2, 0.25) is 0 Å². The Morgan fingerprint density at radius 2 is 1.84 bits per heavy atom. The zero-order chi connectivity index (χ0) is 13.5. The summed E-state index contributed by atoms with van der Waals surface area (Å²) in [5, 5.41) is 0. The molecule has 0 saturated carbocycles. The number of aromatic nitrogens is 1. The molecule has 0 N–H and O–H groups in total. The summed E-state index contributed by atoms with van der Waals surface area (Å²) >= 11 is 0. The molecule has 0 bridgehead atoms. The topological polar surface area (TPSA) is 12.9 Å². The van der Waals surface area contributed by atoms with Gasteiger partial charge in [-0.1, -0.05) is 24.3 Å². The van der Waals surface area contributed by atoms with Crippen LogP contribution in [0.3, 0.4) is 0 Å². The van der Waals surface area contributed by atoms with Crippen molar-refractivity contribution < 1.29 is 13.2 Å². The Morgan fingerprint density at radius 3 is 2.53 bits per heavy atom. The van der Waals surface area contributed by atoms with Gasteiger partial charge in [0.1, 0.15) is 0 Å². The Morgan fingerprint density at radius 1 is 1.00 bits per heavy atom. The summed E-state index contributed by atoms with van der Waals surface area (Å²) in [6.45, 7) is 0. The molecule has 1 aromatic heterocycles. The Kier molecular flexibility index (Phi) is 2.66. The van der Waals surface area contributed by atoms with Crippen molar-refractivity contribution >= 4 is 6.08 Å². The third kappa shape index (κ3) is 2.14. The lowest BCUT2D eigenvalue weighted by Gasteiger charge is -2.06. The van der Waals surface area contributed by atoms with E-state index in [1.807, 2.05) is 6.07 Å². The molecule has 1 nitrogen and oxygen atoms in total. The first kappa shape index (κ1) is 12.0. The van der Waals surface area contributed by atoms with Gasteiger partial charge < -0.3 is 0 Å². The first-order valence-electron chi connectivity index (χ1n) is 5.87. The van der Waals surface area contributed by atoms with Gasteiger partial charge in [-0.3, -0.25) is 4.98 Å². The fraction of sp³-hybridized carbons (Fsp3) is 0.133. The number of halogens is 3. The number of rotatable bonds is 1. The van der Waals surface area contributed by atoms with E-state index in [-0.39, 0.29) is 6.42 Å². The monoisotopic (exact) mass is 261 g/mol. The average Bonchev–Trinajstić information content (AvgIpc) is 2.83. The maximum Gasteiger partial charge on any atom is 0.413 e. The minimum atomic E-state index is -4.26. The van der Waals surface area contributed by atoms with Gasteiger partial charge in [-0.25, -0.2) is 0 Å². The predicted octanol–water partition coefficient (Wildman–Crippen LogP) is 4.25. The van der Waals surface area contributed by atoms with Crippen LogP contribution in [0.1, 0.15) is 11.1 Å². The van der Waals surface area contributed by atoms with Crippen LogP contribution in [0.4, 0.5) is 13.2 Å². The van der Waals surface area contributed by atoms with Crippen molar-refractivity contribution in [1.82, 2.24) is 4.98 Å². The third-order valence-electron chi connectivity index (χ3n) is 3.20. The van der Waals surface area contributed by atoms with Crippen LogP contribution in [0.5, 0.6) is 0 Å². The average molecular weight is 261 g/mol. The maximum absolute atomic E-state index is 12.8. The molecule has 0 atom stereocenters. The fourth-order valence-corrected chi connectivity index (χ4v) is 2.30. The van der Waals surface area contributed by atoms with Crippen LogP contribution in [0.25, 0.3) is 17.3 Å². The molecular formula is C15H10F3N. The SMILES string of the molecule is FC(F)(F)C1=Cc2c(cccc2-c2ccccn2)C1. The van der Waals surface area contributed by atoms with Crippen molar-refractivity contribution in [2.75, 3.05) is 0 Å². The highest BCUT2D eigenvalue weighted by Gasteiger charge is 2.36. The van der Waals surface area contributed by atoms with Crippen LogP contribution in [0.2, 0.25) is 0 Å². The molecule has 1 heterocycles. The second-order valence-corrected chi connectivity index (χ2v) is 4.44. The largest absolute Gasteiger partial charge is 0.413 e. The summed E-state index contributed by atoms with van der Waals surface area (Å²) in [4.78, 5) is 4.20. The highest BCUT2D eigenvalue weighted by molar-refractivity contribution is 5.79. The molecule has 0 unspecified atom stereocenters. The summed E-state index contributed by atoms with van der Waals surface area (Å²) in [5.74, 6) is 0. The van der Waals surface area contributed by atoms with E-state index in [2.05, 4.69) is 4.98 Å². The molecule has 0 radical (unpaired) electrons. The fourth-order valence-electron chi connectivity index (χ4n) is 2.30. The second-order valence-electron chi connectivity index (χ2n) is 4.44. The van der Waals surface area contributed by atoms with Crippen molar-refractivity contribution in [1.29, 1.82) is 0 Å². The minimum absolute atomic E-state index is 0.0560. The summed E-state index contributed by atoms with van der Waals surface area (Å²) in [6, 6.07) is 10.7. The Hall–Kier alpha value is -2.10. The highest BCUT2D eigenvalue weighted by atomic mass is 19.4. The Bertz CT molecular complexity index is 642. The molecule has 4 heteroatoms. The van der Waals surface area contributed by atoms with E-state index in [0.29, 0.717) is 16.8 Å². The predicted molar refractivity (Wildman–Crippen MR) is 67.4 cm³/mol. The summed E-state index contributed by atoms with van der Waals surface area (Å²) in [7, 11) is 0. The smallest absolute Gasteiger partial charge is 0.256 e. The van der Waals surface area contributed by atoms with E-state index in [9.17, 15) is 13.2 Å². The zero-order valence-corrected chi connectivity index (χ0v) is 9.91. The van der Waals surface area contributed by atoms with E-state index in [0.717, 1.165) is 5.56 Å². The number of hydrogen-bond acceptors (Lipinski definition) is 1. The van der Waals surface area contributed by atoms with Crippen LogP contribution in [0, 0.1) is 0 Å². The molecule has 19 heavy (non-hydrogen) atoms. The molecule has 0 amide bonds. The number of benzene rings is 1.